The molecule has 1 aliphatic rings. The highest BCUT2D eigenvalue weighted by Crippen LogP contribution is 2.40. The number of Topliss-reactive ketones (excluding diaryl/α,β-unsaturated/α-hetero) is 1. The van der Waals surface area contributed by atoms with E-state index in [4.69, 9.17) is 23.2 Å². The van der Waals surface area contributed by atoms with Gasteiger partial charge in [0.1, 0.15) is 4.91 Å². The van der Waals surface area contributed by atoms with E-state index >= 15 is 0 Å². The van der Waals surface area contributed by atoms with Crippen molar-refractivity contribution in [2.24, 2.45) is 0 Å². The number of hydrogen-bond donors (Lipinski definition) is 0. The molecule has 0 aromatic heterocycles. The Kier molecular flexibility index (Phi) is 4.75. The van der Waals surface area contributed by atoms with Crippen LogP contribution in [0.15, 0.2) is 88.8 Å². The second-order valence-electron chi connectivity index (χ2n) is 6.15. The lowest BCUT2D eigenvalue weighted by atomic mass is 10.1. The Morgan fingerprint density at radius 2 is 1.36 bits per heavy atom. The van der Waals surface area contributed by atoms with Crippen LogP contribution in [0.3, 0.4) is 0 Å². The fourth-order valence-electron chi connectivity index (χ4n) is 3.00. The molecule has 4 nitrogen and oxygen atoms in total. The highest BCUT2D eigenvalue weighted by molar-refractivity contribution is 7.96. The number of carbonyl (C=O) groups is 1. The molecule has 1 aliphatic heterocycles. The summed E-state index contributed by atoms with van der Waals surface area (Å²) in [6, 6.07) is 19.6. The van der Waals surface area contributed by atoms with Gasteiger partial charge in [-0.1, -0.05) is 35.3 Å². The Bertz CT molecular complexity index is 1200. The maximum Gasteiger partial charge on any atom is 0.214 e. The monoisotopic (exact) mass is 429 g/mol. The summed E-state index contributed by atoms with van der Waals surface area (Å²) in [6.45, 7) is 0. The second kappa shape index (κ2) is 7.09. The number of anilines is 2. The number of halogens is 2. The maximum absolute atomic E-state index is 13.2. The summed E-state index contributed by atoms with van der Waals surface area (Å²) in [5.41, 5.74) is 1.40. The third kappa shape index (κ3) is 3.22. The maximum atomic E-state index is 13.2. The lowest BCUT2D eigenvalue weighted by Crippen LogP contribution is -2.25. The predicted molar refractivity (Wildman–Crippen MR) is 111 cm³/mol. The van der Waals surface area contributed by atoms with Crippen molar-refractivity contribution < 1.29 is 13.2 Å². The molecule has 0 saturated heterocycles. The molecule has 1 heterocycles. The van der Waals surface area contributed by atoms with Crippen LogP contribution in [-0.2, 0) is 9.84 Å². The topological polar surface area (TPSA) is 54.5 Å². The summed E-state index contributed by atoms with van der Waals surface area (Å²) < 4.78 is 26.3. The Balaban J connectivity index is 1.90. The largest absolute Gasteiger partial charge is 0.314 e. The first-order chi connectivity index (χ1) is 13.4. The van der Waals surface area contributed by atoms with E-state index in [0.717, 1.165) is 0 Å². The van der Waals surface area contributed by atoms with E-state index in [1.807, 2.05) is 0 Å². The molecule has 28 heavy (non-hydrogen) atoms. The third-order valence-corrected chi connectivity index (χ3v) is 6.68. The van der Waals surface area contributed by atoms with Crippen molar-refractivity contribution in [1.29, 1.82) is 0 Å². The molecular formula is C21H13Cl2NO3S. The summed E-state index contributed by atoms with van der Waals surface area (Å²) in [4.78, 5) is 14.5. The lowest BCUT2D eigenvalue weighted by Gasteiger charge is -2.28. The Morgan fingerprint density at radius 3 is 2.00 bits per heavy atom. The van der Waals surface area contributed by atoms with Crippen LogP contribution in [0.25, 0.3) is 0 Å². The number of nitrogens with zero attached hydrogens (tertiary/aromatic N) is 1. The molecule has 0 fully saturated rings. The Morgan fingerprint density at radius 1 is 0.786 bits per heavy atom. The summed E-state index contributed by atoms with van der Waals surface area (Å²) >= 11 is 11.9. The van der Waals surface area contributed by atoms with Crippen LogP contribution in [0.5, 0.6) is 0 Å². The Labute approximate surface area is 172 Å². The molecule has 0 N–H and O–H groups in total. The highest BCUT2D eigenvalue weighted by Gasteiger charge is 2.35. The number of allylic oxidation sites excluding steroid dienone is 1. The van der Waals surface area contributed by atoms with Crippen molar-refractivity contribution in [3.8, 4) is 0 Å². The molecule has 0 aliphatic carbocycles. The standard InChI is InChI=1S/C21H13Cl2NO3S/c22-15-7-5-14(6-8-15)21(25)20-13-24(17-11-9-16(23)10-12-17)18-3-1-2-4-19(18)28(20,26)27/h1-13H. The van der Waals surface area contributed by atoms with Crippen molar-refractivity contribution in [1.82, 2.24) is 0 Å². The number of para-hydroxylation sites is 1. The van der Waals surface area contributed by atoms with E-state index in [-0.39, 0.29) is 15.4 Å². The molecule has 0 saturated carbocycles. The van der Waals surface area contributed by atoms with Crippen LogP contribution < -0.4 is 4.90 Å². The minimum Gasteiger partial charge on any atom is -0.314 e. The fourth-order valence-corrected chi connectivity index (χ4v) is 4.79. The van der Waals surface area contributed by atoms with E-state index < -0.39 is 15.6 Å². The normalized spacial score (nSPS) is 14.9. The predicted octanol–water partition coefficient (Wildman–Crippen LogP) is 5.64. The van der Waals surface area contributed by atoms with Crippen LogP contribution in [0.2, 0.25) is 10.0 Å². The van der Waals surface area contributed by atoms with Crippen LogP contribution in [0, 0.1) is 0 Å². The van der Waals surface area contributed by atoms with Gasteiger partial charge in [-0.15, -0.1) is 0 Å². The number of rotatable bonds is 3. The van der Waals surface area contributed by atoms with Crippen molar-refractivity contribution >= 4 is 50.2 Å². The molecule has 0 atom stereocenters. The number of fused-ring (bicyclic) bond motifs is 1. The van der Waals surface area contributed by atoms with Gasteiger partial charge in [0, 0.05) is 27.5 Å². The average Bonchev–Trinajstić information content (AvgIpc) is 2.69. The molecule has 7 heteroatoms. The van der Waals surface area contributed by atoms with Gasteiger partial charge >= 0.3 is 0 Å². The summed E-state index contributed by atoms with van der Waals surface area (Å²) in [5.74, 6) is -0.592. The van der Waals surface area contributed by atoms with Gasteiger partial charge in [-0.3, -0.25) is 4.79 Å². The minimum atomic E-state index is -3.98. The molecule has 0 bridgehead atoms. The van der Waals surface area contributed by atoms with Gasteiger partial charge in [0.15, 0.2) is 0 Å². The zero-order valence-corrected chi connectivity index (χ0v) is 16.7. The SMILES string of the molecule is O=C(C1=CN(c2ccc(Cl)cc2)c2ccccc2S1(=O)=O)c1ccc(Cl)cc1. The van der Waals surface area contributed by atoms with E-state index in [1.165, 1.54) is 24.4 Å². The number of sulfone groups is 1. The summed E-state index contributed by atoms with van der Waals surface area (Å²) in [7, 11) is -3.98. The van der Waals surface area contributed by atoms with E-state index in [0.29, 0.717) is 21.4 Å². The van der Waals surface area contributed by atoms with Gasteiger partial charge in [-0.2, -0.15) is 0 Å². The molecule has 0 spiro atoms. The summed E-state index contributed by atoms with van der Waals surface area (Å²) in [5, 5.41) is 1.02. The smallest absolute Gasteiger partial charge is 0.214 e. The van der Waals surface area contributed by atoms with Gasteiger partial charge in [0.2, 0.25) is 15.6 Å². The molecule has 3 aromatic carbocycles. The van der Waals surface area contributed by atoms with E-state index in [9.17, 15) is 13.2 Å². The molecule has 140 valence electrons. The van der Waals surface area contributed by atoms with Gasteiger partial charge in [0.05, 0.1) is 10.6 Å². The number of hydrogen-bond acceptors (Lipinski definition) is 4. The lowest BCUT2D eigenvalue weighted by molar-refractivity contribution is 0.104. The second-order valence-corrected chi connectivity index (χ2v) is 8.91. The summed E-state index contributed by atoms with van der Waals surface area (Å²) in [6.07, 6.45) is 1.36. The number of carbonyl (C=O) groups excluding carboxylic acids is 1. The molecule has 3 aromatic rings. The quantitative estimate of drug-likeness (QED) is 0.505. The molecular weight excluding hydrogens is 417 g/mol. The van der Waals surface area contributed by atoms with Crippen molar-refractivity contribution in [3.05, 3.63) is 99.5 Å². The van der Waals surface area contributed by atoms with Crippen LogP contribution in [-0.4, -0.2) is 14.2 Å². The van der Waals surface area contributed by atoms with Crippen molar-refractivity contribution in [2.75, 3.05) is 4.90 Å². The zero-order valence-electron chi connectivity index (χ0n) is 14.3. The molecule has 0 radical (unpaired) electrons. The van der Waals surface area contributed by atoms with E-state index in [2.05, 4.69) is 0 Å². The molecule has 0 unspecified atom stereocenters. The zero-order chi connectivity index (χ0) is 19.9. The van der Waals surface area contributed by atoms with Gasteiger partial charge in [0.25, 0.3) is 0 Å². The van der Waals surface area contributed by atoms with Gasteiger partial charge < -0.3 is 4.90 Å². The Hall–Kier alpha value is -2.60. The first kappa shape index (κ1) is 18.7. The first-order valence-corrected chi connectivity index (χ1v) is 10.5. The fraction of sp³-hybridized carbons (Fsp3) is 0. The average molecular weight is 430 g/mol. The third-order valence-electron chi connectivity index (χ3n) is 4.39. The van der Waals surface area contributed by atoms with Crippen molar-refractivity contribution in [3.63, 3.8) is 0 Å². The van der Waals surface area contributed by atoms with Crippen molar-refractivity contribution in [2.45, 2.75) is 4.90 Å². The number of benzene rings is 3. The first-order valence-electron chi connectivity index (χ1n) is 8.29. The molecule has 0 amide bonds. The van der Waals surface area contributed by atoms with Gasteiger partial charge in [-0.05, 0) is 60.7 Å². The minimum absolute atomic E-state index is 0.0739. The highest BCUT2D eigenvalue weighted by atomic mass is 35.5. The molecule has 4 rings (SSSR count). The van der Waals surface area contributed by atoms with Crippen LogP contribution >= 0.6 is 23.2 Å². The van der Waals surface area contributed by atoms with Crippen LogP contribution in [0.1, 0.15) is 10.4 Å². The number of ketones is 1. The van der Waals surface area contributed by atoms with E-state index in [1.54, 1.807) is 59.5 Å². The van der Waals surface area contributed by atoms with Gasteiger partial charge in [-0.25, -0.2) is 8.42 Å². The van der Waals surface area contributed by atoms with Crippen LogP contribution in [0.4, 0.5) is 11.4 Å².